The minimum absolute atomic E-state index is 0.00642. The van der Waals surface area contributed by atoms with E-state index >= 15 is 8.78 Å². The predicted octanol–water partition coefficient (Wildman–Crippen LogP) is 4.78. The zero-order chi connectivity index (χ0) is 30.3. The van der Waals surface area contributed by atoms with E-state index < -0.39 is 51.9 Å². The summed E-state index contributed by atoms with van der Waals surface area (Å²) < 4.78 is 95.0. The molecule has 0 radical (unpaired) electrons. The molecule has 230 valence electrons. The van der Waals surface area contributed by atoms with Crippen LogP contribution in [0.3, 0.4) is 0 Å². The summed E-state index contributed by atoms with van der Waals surface area (Å²) in [6.45, 7) is 3.30. The van der Waals surface area contributed by atoms with Gasteiger partial charge in [0.15, 0.2) is 5.82 Å². The van der Waals surface area contributed by atoms with E-state index in [0.717, 1.165) is 51.3 Å². The zero-order valence-corrected chi connectivity index (χ0v) is 23.4. The van der Waals surface area contributed by atoms with E-state index in [1.165, 1.54) is 0 Å². The summed E-state index contributed by atoms with van der Waals surface area (Å²) in [5.41, 5.74) is 1.26. The fourth-order valence-corrected chi connectivity index (χ4v) is 7.54. The van der Waals surface area contributed by atoms with Crippen LogP contribution in [0, 0.1) is 18.6 Å². The van der Waals surface area contributed by atoms with Crippen LogP contribution in [0.4, 0.5) is 38.0 Å². The third-order valence-electron chi connectivity index (χ3n) is 9.35. The molecule has 3 aromatic rings. The summed E-state index contributed by atoms with van der Waals surface area (Å²) in [5.74, 6) is -2.66. The van der Waals surface area contributed by atoms with Crippen molar-refractivity contribution >= 4 is 22.5 Å². The number of halogens is 6. The van der Waals surface area contributed by atoms with Crippen LogP contribution >= 0.6 is 0 Å². The number of ether oxygens (including phenoxy) is 1. The molecular weight excluding hydrogens is 576 g/mol. The number of hydrogen-bond donors (Lipinski definition) is 2. The van der Waals surface area contributed by atoms with E-state index in [-0.39, 0.29) is 47.3 Å². The van der Waals surface area contributed by atoms with E-state index in [2.05, 4.69) is 20.3 Å². The minimum atomic E-state index is -4.96. The molecule has 4 aliphatic rings. The van der Waals surface area contributed by atoms with Crippen molar-refractivity contribution in [1.29, 1.82) is 0 Å². The normalized spacial score (nSPS) is 27.3. The van der Waals surface area contributed by atoms with Crippen molar-refractivity contribution in [1.82, 2.24) is 25.2 Å². The number of rotatable bonds is 5. The second kappa shape index (κ2) is 10.1. The number of aromatic nitrogens is 3. The number of piperazine rings is 1. The highest BCUT2D eigenvalue weighted by atomic mass is 19.4. The lowest BCUT2D eigenvalue weighted by molar-refractivity contribution is -0.137. The van der Waals surface area contributed by atoms with E-state index in [0.29, 0.717) is 26.1 Å². The number of alkyl halides is 4. The van der Waals surface area contributed by atoms with E-state index in [1.54, 1.807) is 0 Å². The molecule has 0 aliphatic carbocycles. The van der Waals surface area contributed by atoms with Crippen LogP contribution < -0.4 is 20.7 Å². The lowest BCUT2D eigenvalue weighted by Gasteiger charge is -2.34. The number of nitrogens with two attached hydrogens (primary N) is 1. The molecule has 8 nitrogen and oxygen atoms in total. The number of fused-ring (bicyclic) bond motifs is 4. The van der Waals surface area contributed by atoms with E-state index in [4.69, 9.17) is 10.5 Å². The van der Waals surface area contributed by atoms with Crippen LogP contribution in [0.1, 0.15) is 43.2 Å². The van der Waals surface area contributed by atoms with Gasteiger partial charge in [0.2, 0.25) is 0 Å². The summed E-state index contributed by atoms with van der Waals surface area (Å²) in [7, 11) is 0. The van der Waals surface area contributed by atoms with Crippen LogP contribution in [0.15, 0.2) is 12.1 Å². The summed E-state index contributed by atoms with van der Waals surface area (Å²) in [4.78, 5) is 16.5. The lowest BCUT2D eigenvalue weighted by atomic mass is 9.95. The largest absolute Gasteiger partial charge is 0.461 e. The van der Waals surface area contributed by atoms with Gasteiger partial charge >= 0.3 is 12.2 Å². The second-order valence-corrected chi connectivity index (χ2v) is 12.3. The van der Waals surface area contributed by atoms with Gasteiger partial charge in [-0.3, -0.25) is 4.90 Å². The molecule has 14 heteroatoms. The molecule has 4 saturated heterocycles. The number of hydrogen-bond acceptors (Lipinski definition) is 8. The third-order valence-corrected chi connectivity index (χ3v) is 9.35. The molecule has 0 spiro atoms. The Hall–Kier alpha value is -3.39. The summed E-state index contributed by atoms with van der Waals surface area (Å²) >= 11 is 0. The molecule has 6 heterocycles. The van der Waals surface area contributed by atoms with Gasteiger partial charge in [-0.15, -0.1) is 0 Å². The first kappa shape index (κ1) is 28.4. The molecule has 0 unspecified atom stereocenters. The quantitative estimate of drug-likeness (QED) is 0.401. The van der Waals surface area contributed by atoms with Gasteiger partial charge in [0.1, 0.15) is 35.7 Å². The number of aryl methyl sites for hydroxylation is 1. The van der Waals surface area contributed by atoms with Gasteiger partial charge in [0.05, 0.1) is 22.4 Å². The maximum atomic E-state index is 16.4. The van der Waals surface area contributed by atoms with Crippen LogP contribution in [-0.2, 0) is 6.18 Å². The van der Waals surface area contributed by atoms with Crippen LogP contribution in [0.2, 0.25) is 0 Å². The van der Waals surface area contributed by atoms with Gasteiger partial charge in [0, 0.05) is 43.5 Å². The molecule has 43 heavy (non-hydrogen) atoms. The molecule has 2 bridgehead atoms. The van der Waals surface area contributed by atoms with Gasteiger partial charge in [-0.25, -0.2) is 18.2 Å². The van der Waals surface area contributed by atoms with Crippen molar-refractivity contribution in [2.75, 3.05) is 43.4 Å². The topological polar surface area (TPSA) is 92.4 Å². The SMILES string of the molecule is Cc1cc(N)nc(-c2c(F)cc3c(N4C[C@H]5CC[C@@H](C4)N5)nc(OC[C@@]45CCCN4C[C@H](F)C5)nc3c2F)c1C(F)(F)F. The molecule has 2 aromatic heterocycles. The Bertz CT molecular complexity index is 1590. The van der Waals surface area contributed by atoms with Crippen molar-refractivity contribution in [3.8, 4) is 17.3 Å². The summed E-state index contributed by atoms with van der Waals surface area (Å²) in [6, 6.07) is 2.06. The number of nitrogens with one attached hydrogen (secondary N) is 1. The highest BCUT2D eigenvalue weighted by Gasteiger charge is 2.49. The number of anilines is 2. The lowest BCUT2D eigenvalue weighted by Crippen LogP contribution is -2.51. The average Bonchev–Trinajstić information content (AvgIpc) is 3.56. The van der Waals surface area contributed by atoms with Gasteiger partial charge in [0.25, 0.3) is 0 Å². The molecular formula is C29H31F6N7O. The van der Waals surface area contributed by atoms with Crippen LogP contribution in [0.25, 0.3) is 22.2 Å². The van der Waals surface area contributed by atoms with E-state index in [1.807, 2.05) is 9.80 Å². The van der Waals surface area contributed by atoms with Crippen molar-refractivity contribution in [2.24, 2.45) is 0 Å². The van der Waals surface area contributed by atoms with Crippen molar-refractivity contribution in [2.45, 2.75) is 69.0 Å². The molecule has 0 amide bonds. The van der Waals surface area contributed by atoms with Gasteiger partial charge in [-0.2, -0.15) is 23.1 Å². The first-order valence-corrected chi connectivity index (χ1v) is 14.5. The average molecular weight is 608 g/mol. The maximum Gasteiger partial charge on any atom is 0.418 e. The monoisotopic (exact) mass is 607 g/mol. The summed E-state index contributed by atoms with van der Waals surface area (Å²) in [5, 5.41) is 3.50. The van der Waals surface area contributed by atoms with E-state index in [9.17, 15) is 17.6 Å². The van der Waals surface area contributed by atoms with Crippen molar-refractivity contribution in [3.63, 3.8) is 0 Å². The summed E-state index contributed by atoms with van der Waals surface area (Å²) in [6.07, 6.45) is -2.18. The van der Waals surface area contributed by atoms with Crippen molar-refractivity contribution in [3.05, 3.63) is 34.9 Å². The molecule has 4 aliphatic heterocycles. The Morgan fingerprint density at radius 2 is 1.84 bits per heavy atom. The predicted molar refractivity (Wildman–Crippen MR) is 148 cm³/mol. The maximum absolute atomic E-state index is 16.4. The smallest absolute Gasteiger partial charge is 0.418 e. The highest BCUT2D eigenvalue weighted by molar-refractivity contribution is 5.94. The van der Waals surface area contributed by atoms with Gasteiger partial charge < -0.3 is 20.7 Å². The Morgan fingerprint density at radius 3 is 2.56 bits per heavy atom. The standard InChI is InChI=1S/C29H31F6N7O/c1-14-7-20(36)38-25(22(14)29(33,34)35)21-19(31)8-18-24(23(21)32)39-27(40-26(18)41-11-16-3-4-17(12-41)37-16)43-13-28-5-2-6-42(28)10-15(30)9-28/h7-8,15-17,37H,2-6,9-13H2,1H3,(H2,36,38)/t15-,16-,17+,28+/m1/s1. The Balaban J connectivity index is 1.38. The molecule has 7 rings (SSSR count). The molecule has 0 saturated carbocycles. The first-order valence-electron chi connectivity index (χ1n) is 14.5. The fraction of sp³-hybridized carbons (Fsp3) is 0.552. The zero-order valence-electron chi connectivity index (χ0n) is 23.4. The molecule has 3 N–H and O–H groups in total. The van der Waals surface area contributed by atoms with Crippen LogP contribution in [0.5, 0.6) is 6.01 Å². The number of nitrogen functional groups attached to an aromatic ring is 1. The number of nitrogens with zero attached hydrogens (tertiary/aromatic N) is 5. The second-order valence-electron chi connectivity index (χ2n) is 12.3. The molecule has 1 aromatic carbocycles. The first-order chi connectivity index (χ1) is 20.4. The number of pyridine rings is 1. The van der Waals surface area contributed by atoms with Gasteiger partial charge in [-0.05, 0) is 56.8 Å². The number of benzene rings is 1. The molecule has 4 fully saturated rings. The Morgan fingerprint density at radius 1 is 1.09 bits per heavy atom. The third kappa shape index (κ3) is 4.82. The minimum Gasteiger partial charge on any atom is -0.461 e. The Kier molecular flexibility index (Phi) is 6.65. The van der Waals surface area contributed by atoms with Crippen LogP contribution in [-0.4, -0.2) is 76.4 Å². The molecule has 4 atom stereocenters. The Labute approximate surface area is 243 Å². The fourth-order valence-electron chi connectivity index (χ4n) is 7.54. The van der Waals surface area contributed by atoms with Gasteiger partial charge in [-0.1, -0.05) is 0 Å². The highest BCUT2D eigenvalue weighted by Crippen LogP contribution is 2.44. The van der Waals surface area contributed by atoms with Crippen molar-refractivity contribution < 1.29 is 31.1 Å².